The standard InChI is InChI=1S/C28H25FN4O2S/c29-21-12-10-20(11-13-21)18-36-28-31-23-9-5-4-8-22(23)26-32-27(35)24(33(26)28)14-15-25(34)30-17-16-19-6-2-1-3-7-19/h1-13,24H,14-18H2,(H,30,34). The van der Waals surface area contributed by atoms with Crippen molar-refractivity contribution in [3.05, 3.63) is 101 Å². The number of aliphatic imine (C=N–C) groups is 2. The normalized spacial score (nSPS) is 16.2. The number of amidine groups is 2. The zero-order chi connectivity index (χ0) is 24.9. The van der Waals surface area contributed by atoms with Gasteiger partial charge in [0.05, 0.1) is 5.69 Å². The zero-order valence-corrected chi connectivity index (χ0v) is 20.4. The minimum atomic E-state index is -0.590. The van der Waals surface area contributed by atoms with Crippen molar-refractivity contribution in [1.82, 2.24) is 10.2 Å². The molecule has 6 nitrogen and oxygen atoms in total. The van der Waals surface area contributed by atoms with Gasteiger partial charge < -0.3 is 5.32 Å². The van der Waals surface area contributed by atoms with Crippen LogP contribution in [-0.2, 0) is 21.8 Å². The molecule has 0 aliphatic carbocycles. The molecule has 36 heavy (non-hydrogen) atoms. The number of nitrogens with zero attached hydrogens (tertiary/aromatic N) is 3. The van der Waals surface area contributed by atoms with Gasteiger partial charge in [-0.05, 0) is 48.2 Å². The Kier molecular flexibility index (Phi) is 7.23. The lowest BCUT2D eigenvalue weighted by molar-refractivity contribution is -0.122. The molecule has 8 heteroatoms. The van der Waals surface area contributed by atoms with Crippen LogP contribution in [0.4, 0.5) is 10.1 Å². The van der Waals surface area contributed by atoms with Crippen LogP contribution in [0.5, 0.6) is 0 Å². The molecule has 3 aromatic rings. The number of nitrogens with one attached hydrogen (secondary N) is 1. The van der Waals surface area contributed by atoms with Crippen molar-refractivity contribution in [2.45, 2.75) is 31.1 Å². The Bertz CT molecular complexity index is 1320. The van der Waals surface area contributed by atoms with Crippen LogP contribution in [0.2, 0.25) is 0 Å². The van der Waals surface area contributed by atoms with Gasteiger partial charge in [0.1, 0.15) is 17.7 Å². The summed E-state index contributed by atoms with van der Waals surface area (Å²) in [7, 11) is 0. The number of rotatable bonds is 8. The lowest BCUT2D eigenvalue weighted by Crippen LogP contribution is -2.44. The van der Waals surface area contributed by atoms with E-state index >= 15 is 0 Å². The van der Waals surface area contributed by atoms with E-state index in [1.807, 2.05) is 59.5 Å². The average Bonchev–Trinajstić information content (AvgIpc) is 3.24. The third-order valence-corrected chi connectivity index (χ3v) is 7.14. The van der Waals surface area contributed by atoms with E-state index < -0.39 is 6.04 Å². The number of carbonyl (C=O) groups excluding carboxylic acids is 2. The first-order chi connectivity index (χ1) is 17.6. The number of halogens is 1. The van der Waals surface area contributed by atoms with E-state index in [1.165, 1.54) is 23.9 Å². The summed E-state index contributed by atoms with van der Waals surface area (Å²) in [5.41, 5.74) is 3.65. The van der Waals surface area contributed by atoms with Crippen LogP contribution in [0.25, 0.3) is 0 Å². The number of fused-ring (bicyclic) bond motifs is 3. The summed E-state index contributed by atoms with van der Waals surface area (Å²) < 4.78 is 13.3. The zero-order valence-electron chi connectivity index (χ0n) is 19.6. The molecule has 1 N–H and O–H groups in total. The van der Waals surface area contributed by atoms with Crippen LogP contribution >= 0.6 is 11.8 Å². The Morgan fingerprint density at radius 2 is 1.69 bits per heavy atom. The molecular weight excluding hydrogens is 475 g/mol. The molecule has 0 fully saturated rings. The summed E-state index contributed by atoms with van der Waals surface area (Å²) in [6.45, 7) is 0.542. The van der Waals surface area contributed by atoms with Crippen molar-refractivity contribution >= 4 is 40.3 Å². The topological polar surface area (TPSA) is 74.1 Å². The number of hydrogen-bond donors (Lipinski definition) is 1. The Morgan fingerprint density at radius 1 is 0.944 bits per heavy atom. The van der Waals surface area contributed by atoms with E-state index in [0.29, 0.717) is 29.7 Å². The first-order valence-electron chi connectivity index (χ1n) is 11.9. The van der Waals surface area contributed by atoms with Gasteiger partial charge in [-0.15, -0.1) is 0 Å². The van der Waals surface area contributed by atoms with Crippen LogP contribution in [-0.4, -0.2) is 40.3 Å². The first kappa shape index (κ1) is 23.9. The molecule has 2 aliphatic rings. The van der Waals surface area contributed by atoms with Gasteiger partial charge in [0.25, 0.3) is 5.91 Å². The van der Waals surface area contributed by atoms with Crippen molar-refractivity contribution < 1.29 is 14.0 Å². The summed E-state index contributed by atoms with van der Waals surface area (Å²) in [6.07, 6.45) is 1.30. The van der Waals surface area contributed by atoms with E-state index in [2.05, 4.69) is 10.3 Å². The van der Waals surface area contributed by atoms with Crippen LogP contribution in [0.3, 0.4) is 0 Å². The molecule has 0 aromatic heterocycles. The predicted octanol–water partition coefficient (Wildman–Crippen LogP) is 4.86. The summed E-state index contributed by atoms with van der Waals surface area (Å²) in [5.74, 6) is 0.485. The third-order valence-electron chi connectivity index (χ3n) is 6.11. The summed E-state index contributed by atoms with van der Waals surface area (Å²) in [6, 6.07) is 23.3. The fourth-order valence-electron chi connectivity index (χ4n) is 4.25. The molecule has 0 saturated carbocycles. The molecule has 2 aliphatic heterocycles. The second kappa shape index (κ2) is 10.9. The van der Waals surface area contributed by atoms with Gasteiger partial charge in [-0.3, -0.25) is 14.5 Å². The largest absolute Gasteiger partial charge is 0.356 e. The Labute approximate surface area is 213 Å². The highest BCUT2D eigenvalue weighted by atomic mass is 32.2. The second-order valence-corrected chi connectivity index (χ2v) is 9.55. The van der Waals surface area contributed by atoms with Gasteiger partial charge >= 0.3 is 0 Å². The Hall–Kier alpha value is -3.78. The molecule has 2 heterocycles. The maximum absolute atomic E-state index is 13.3. The second-order valence-electron chi connectivity index (χ2n) is 8.61. The SMILES string of the molecule is O=C(CCC1C(=O)N=C2c3ccccc3N=C(SCc3ccc(F)cc3)N21)NCCc1ccccc1. The van der Waals surface area contributed by atoms with Gasteiger partial charge in [0, 0.05) is 24.3 Å². The summed E-state index contributed by atoms with van der Waals surface area (Å²) in [5, 5.41) is 3.60. The van der Waals surface area contributed by atoms with Crippen molar-refractivity contribution in [1.29, 1.82) is 0 Å². The monoisotopic (exact) mass is 500 g/mol. The van der Waals surface area contributed by atoms with Crippen LogP contribution in [0, 0.1) is 5.82 Å². The van der Waals surface area contributed by atoms with Crippen molar-refractivity contribution in [3.63, 3.8) is 0 Å². The minimum Gasteiger partial charge on any atom is -0.356 e. The molecule has 3 aromatic carbocycles. The van der Waals surface area contributed by atoms with Crippen molar-refractivity contribution in [2.75, 3.05) is 6.54 Å². The lowest BCUT2D eigenvalue weighted by atomic mass is 10.1. The van der Waals surface area contributed by atoms with E-state index in [9.17, 15) is 14.0 Å². The number of hydrogen-bond acceptors (Lipinski definition) is 5. The smallest absolute Gasteiger partial charge is 0.270 e. The van der Waals surface area contributed by atoms with Gasteiger partial charge in [0.15, 0.2) is 5.17 Å². The molecule has 0 radical (unpaired) electrons. The summed E-state index contributed by atoms with van der Waals surface area (Å²) >= 11 is 1.47. The molecule has 0 bridgehead atoms. The number of thioether (sulfide) groups is 1. The third kappa shape index (κ3) is 5.39. The van der Waals surface area contributed by atoms with Gasteiger partial charge in [0.2, 0.25) is 5.91 Å². The fourth-order valence-corrected chi connectivity index (χ4v) is 5.26. The maximum atomic E-state index is 13.3. The van der Waals surface area contributed by atoms with Gasteiger partial charge in [-0.1, -0.05) is 66.4 Å². The summed E-state index contributed by atoms with van der Waals surface area (Å²) in [4.78, 5) is 36.5. The molecule has 0 spiro atoms. The highest BCUT2D eigenvalue weighted by Crippen LogP contribution is 2.36. The maximum Gasteiger partial charge on any atom is 0.270 e. The van der Waals surface area contributed by atoms with Crippen LogP contribution < -0.4 is 5.32 Å². The first-order valence-corrected chi connectivity index (χ1v) is 12.8. The Morgan fingerprint density at radius 3 is 2.50 bits per heavy atom. The van der Waals surface area contributed by atoms with E-state index in [-0.39, 0.29) is 24.1 Å². The van der Waals surface area contributed by atoms with Gasteiger partial charge in [-0.2, -0.15) is 4.99 Å². The van der Waals surface area contributed by atoms with Crippen LogP contribution in [0.15, 0.2) is 88.8 Å². The molecule has 0 saturated heterocycles. The lowest BCUT2D eigenvalue weighted by Gasteiger charge is -2.31. The molecule has 2 amide bonds. The number of benzene rings is 3. The predicted molar refractivity (Wildman–Crippen MR) is 141 cm³/mol. The number of carbonyl (C=O) groups is 2. The minimum absolute atomic E-state index is 0.0953. The highest BCUT2D eigenvalue weighted by molar-refractivity contribution is 8.13. The fraction of sp³-hybridized carbons (Fsp3) is 0.214. The van der Waals surface area contributed by atoms with E-state index in [4.69, 9.17) is 4.99 Å². The highest BCUT2D eigenvalue weighted by Gasteiger charge is 2.41. The van der Waals surface area contributed by atoms with Crippen LogP contribution in [0.1, 0.15) is 29.5 Å². The average molecular weight is 501 g/mol. The van der Waals surface area contributed by atoms with Crippen molar-refractivity contribution in [2.24, 2.45) is 9.98 Å². The molecule has 1 atom stereocenters. The van der Waals surface area contributed by atoms with Crippen molar-refractivity contribution in [3.8, 4) is 0 Å². The van der Waals surface area contributed by atoms with E-state index in [1.54, 1.807) is 12.1 Å². The Balaban J connectivity index is 1.26. The molecule has 5 rings (SSSR count). The molecule has 1 unspecified atom stereocenters. The quantitative estimate of drug-likeness (QED) is 0.480. The number of amides is 2. The van der Waals surface area contributed by atoms with E-state index in [0.717, 1.165) is 28.8 Å². The molecule has 182 valence electrons. The number of para-hydroxylation sites is 1. The molecular formula is C28H25FN4O2S. The van der Waals surface area contributed by atoms with Gasteiger partial charge in [-0.25, -0.2) is 9.38 Å².